The van der Waals surface area contributed by atoms with E-state index in [1.165, 1.54) is 20.2 Å². The highest BCUT2D eigenvalue weighted by Gasteiger charge is 2.21. The molecule has 0 fully saturated rings. The molecule has 0 aliphatic carbocycles. The number of rotatable bonds is 6. The number of thioether (sulfide) groups is 1. The van der Waals surface area contributed by atoms with Crippen molar-refractivity contribution in [3.63, 3.8) is 0 Å². The van der Waals surface area contributed by atoms with E-state index in [1.54, 1.807) is 17.8 Å². The van der Waals surface area contributed by atoms with Crippen LogP contribution in [0.1, 0.15) is 6.42 Å². The molecular formula is C19H24OSSi. The monoisotopic (exact) mass is 328 g/mol. The lowest BCUT2D eigenvalue weighted by Gasteiger charge is -2.22. The van der Waals surface area contributed by atoms with Crippen LogP contribution >= 0.6 is 11.8 Å². The molecule has 0 spiro atoms. The lowest BCUT2D eigenvalue weighted by molar-refractivity contribution is 0.227. The molecule has 0 amide bonds. The second-order valence-electron chi connectivity index (χ2n) is 6.48. The summed E-state index contributed by atoms with van der Waals surface area (Å²) < 4.78 is 1.32. The van der Waals surface area contributed by atoms with E-state index in [9.17, 15) is 5.11 Å². The average molecular weight is 329 g/mol. The lowest BCUT2D eigenvalue weighted by Crippen LogP contribution is -2.23. The zero-order chi connectivity index (χ0) is 16.2. The minimum absolute atomic E-state index is 0.438. The van der Waals surface area contributed by atoms with Gasteiger partial charge in [0.05, 0.1) is 14.2 Å². The van der Waals surface area contributed by atoms with Crippen molar-refractivity contribution in [1.29, 1.82) is 0 Å². The van der Waals surface area contributed by atoms with E-state index in [1.807, 2.05) is 6.08 Å². The van der Waals surface area contributed by atoms with Gasteiger partial charge in [-0.15, -0.1) is 6.58 Å². The van der Waals surface area contributed by atoms with E-state index in [-0.39, 0.29) is 0 Å². The molecule has 0 saturated carbocycles. The van der Waals surface area contributed by atoms with E-state index in [2.05, 4.69) is 68.7 Å². The largest absolute Gasteiger partial charge is 0.389 e. The number of aliphatic hydroxyl groups excluding tert-OH is 1. The van der Waals surface area contributed by atoms with Crippen molar-refractivity contribution in [2.45, 2.75) is 37.1 Å². The Bertz CT molecular complexity index is 685. The molecule has 0 heterocycles. The van der Waals surface area contributed by atoms with E-state index in [0.717, 1.165) is 0 Å². The number of hydrogen-bond donors (Lipinski definition) is 1. The third-order valence-electron chi connectivity index (χ3n) is 3.44. The summed E-state index contributed by atoms with van der Waals surface area (Å²) in [6.45, 7) is 10.6. The highest BCUT2D eigenvalue weighted by atomic mass is 32.2. The van der Waals surface area contributed by atoms with Gasteiger partial charge in [0.2, 0.25) is 0 Å². The van der Waals surface area contributed by atoms with Gasteiger partial charge in [-0.2, -0.15) is 0 Å². The number of fused-ring (bicyclic) bond motifs is 1. The molecule has 0 bridgehead atoms. The van der Waals surface area contributed by atoms with Crippen LogP contribution in [0.5, 0.6) is 0 Å². The van der Waals surface area contributed by atoms with Gasteiger partial charge >= 0.3 is 0 Å². The SMILES string of the molecule is C=CCC(O)/C=C(\Sc1ccc2ccccc2c1)[Si](C)(C)C. The molecular weight excluding hydrogens is 304 g/mol. The van der Waals surface area contributed by atoms with Crippen molar-refractivity contribution in [1.82, 2.24) is 0 Å². The minimum Gasteiger partial charge on any atom is -0.389 e. The van der Waals surface area contributed by atoms with Crippen molar-refractivity contribution in [2.24, 2.45) is 0 Å². The first-order valence-corrected chi connectivity index (χ1v) is 11.9. The smallest absolute Gasteiger partial charge is 0.0859 e. The van der Waals surface area contributed by atoms with Gasteiger partial charge in [-0.05, 0) is 33.9 Å². The molecule has 2 rings (SSSR count). The van der Waals surface area contributed by atoms with Crippen molar-refractivity contribution in [3.8, 4) is 0 Å². The molecule has 0 aliphatic rings. The molecule has 22 heavy (non-hydrogen) atoms. The van der Waals surface area contributed by atoms with Gasteiger partial charge in [-0.25, -0.2) is 0 Å². The minimum atomic E-state index is -1.50. The lowest BCUT2D eigenvalue weighted by atomic mass is 10.1. The first-order chi connectivity index (χ1) is 10.4. The maximum Gasteiger partial charge on any atom is 0.0859 e. The molecule has 0 radical (unpaired) electrons. The summed E-state index contributed by atoms with van der Waals surface area (Å²) in [6.07, 6.45) is 3.95. The first-order valence-electron chi connectivity index (χ1n) is 7.58. The maximum atomic E-state index is 10.1. The summed E-state index contributed by atoms with van der Waals surface area (Å²) in [7, 11) is -1.50. The molecule has 2 aromatic carbocycles. The van der Waals surface area contributed by atoms with Crippen molar-refractivity contribution >= 4 is 30.6 Å². The quantitative estimate of drug-likeness (QED) is 0.421. The second-order valence-corrected chi connectivity index (χ2v) is 13.0. The Morgan fingerprint density at radius 2 is 1.86 bits per heavy atom. The number of benzene rings is 2. The molecule has 1 N–H and O–H groups in total. The molecule has 0 aromatic heterocycles. The summed E-state index contributed by atoms with van der Waals surface area (Å²) >= 11 is 1.79. The summed E-state index contributed by atoms with van der Waals surface area (Å²) in [5.41, 5.74) is 0. The van der Waals surface area contributed by atoms with E-state index >= 15 is 0 Å². The predicted octanol–water partition coefficient (Wildman–Crippen LogP) is 5.63. The van der Waals surface area contributed by atoms with Crippen LogP contribution in [0.25, 0.3) is 10.8 Å². The Balaban J connectivity index is 2.30. The normalized spacial score (nSPS) is 14.1. The standard InChI is InChI=1S/C19H24OSSi/c1-5-8-17(20)14-19(22(2,3)4)21-18-12-11-15-9-6-7-10-16(15)13-18/h5-7,9-14,17,20H,1,8H2,2-4H3/b19-14+. The van der Waals surface area contributed by atoms with Gasteiger partial charge in [0.15, 0.2) is 0 Å². The first kappa shape index (κ1) is 17.1. The highest BCUT2D eigenvalue weighted by Crippen LogP contribution is 2.35. The molecule has 1 nitrogen and oxygen atoms in total. The van der Waals surface area contributed by atoms with Crippen LogP contribution in [0, 0.1) is 0 Å². The molecule has 1 atom stereocenters. The zero-order valence-electron chi connectivity index (χ0n) is 13.5. The van der Waals surface area contributed by atoms with Crippen LogP contribution in [0.4, 0.5) is 0 Å². The molecule has 116 valence electrons. The van der Waals surface area contributed by atoms with Crippen LogP contribution in [-0.2, 0) is 0 Å². The number of aliphatic hydroxyl groups is 1. The third-order valence-corrected chi connectivity index (χ3v) is 8.07. The van der Waals surface area contributed by atoms with Gasteiger partial charge in [-0.3, -0.25) is 0 Å². The van der Waals surface area contributed by atoms with Crippen LogP contribution < -0.4 is 0 Å². The van der Waals surface area contributed by atoms with Crippen molar-refractivity contribution < 1.29 is 5.11 Å². The Hall–Kier alpha value is -1.29. The maximum absolute atomic E-state index is 10.1. The topological polar surface area (TPSA) is 20.2 Å². The van der Waals surface area contributed by atoms with Gasteiger partial charge in [-0.1, -0.05) is 73.9 Å². The van der Waals surface area contributed by atoms with E-state index < -0.39 is 14.2 Å². The van der Waals surface area contributed by atoms with Gasteiger partial charge < -0.3 is 5.11 Å². The third kappa shape index (κ3) is 4.60. The highest BCUT2D eigenvalue weighted by molar-refractivity contribution is 8.05. The Kier molecular flexibility index (Phi) is 5.67. The van der Waals surface area contributed by atoms with Crippen LogP contribution in [0.2, 0.25) is 19.6 Å². The van der Waals surface area contributed by atoms with Gasteiger partial charge in [0.1, 0.15) is 0 Å². The van der Waals surface area contributed by atoms with Crippen molar-refractivity contribution in [2.75, 3.05) is 0 Å². The fraction of sp³-hybridized carbons (Fsp3) is 0.263. The predicted molar refractivity (Wildman–Crippen MR) is 102 cm³/mol. The van der Waals surface area contributed by atoms with E-state index in [0.29, 0.717) is 6.42 Å². The summed E-state index contributed by atoms with van der Waals surface area (Å²) in [6, 6.07) is 15.0. The summed E-state index contributed by atoms with van der Waals surface area (Å²) in [5, 5.41) is 12.6. The van der Waals surface area contributed by atoms with Gasteiger partial charge in [0.25, 0.3) is 0 Å². The Morgan fingerprint density at radius 1 is 1.18 bits per heavy atom. The Morgan fingerprint density at radius 3 is 2.50 bits per heavy atom. The molecule has 1 unspecified atom stereocenters. The molecule has 0 saturated heterocycles. The molecule has 0 aliphatic heterocycles. The summed E-state index contributed by atoms with van der Waals surface area (Å²) in [5.74, 6) is 0. The second kappa shape index (κ2) is 7.31. The molecule has 3 heteroatoms. The van der Waals surface area contributed by atoms with Crippen LogP contribution in [0.3, 0.4) is 0 Å². The summed E-state index contributed by atoms with van der Waals surface area (Å²) in [4.78, 5) is 1.23. The fourth-order valence-corrected chi connectivity index (χ4v) is 5.28. The van der Waals surface area contributed by atoms with E-state index in [4.69, 9.17) is 0 Å². The average Bonchev–Trinajstić information content (AvgIpc) is 2.46. The van der Waals surface area contributed by atoms with Crippen LogP contribution in [-0.4, -0.2) is 19.3 Å². The Labute approximate surface area is 138 Å². The zero-order valence-corrected chi connectivity index (χ0v) is 15.4. The molecule has 2 aromatic rings. The van der Waals surface area contributed by atoms with Crippen molar-refractivity contribution in [3.05, 3.63) is 65.7 Å². The fourth-order valence-electron chi connectivity index (χ4n) is 2.21. The van der Waals surface area contributed by atoms with Gasteiger partial charge in [0, 0.05) is 4.90 Å². The van der Waals surface area contributed by atoms with Crippen LogP contribution in [0.15, 0.2) is 70.6 Å². The number of hydrogen-bond acceptors (Lipinski definition) is 2.